The standard InChI is InChI=1S/C34H34F5NO5/c1-17-21-11-8-12-44-29(21)25(36)14-22(17)26-18(2)23-15-40(31(41)19-9-7-10-20(35)13-19)16-24(23)28(34(37,38)39)27(26)30(32(42)43-6)45-33(3,4)5/h7,9-10,13-14,30H,8,11-12,15-16H2,1-6H3/t30-/m0/s1. The van der Waals surface area contributed by atoms with Crippen LogP contribution in [0.4, 0.5) is 22.0 Å². The van der Waals surface area contributed by atoms with Crippen molar-refractivity contribution in [3.63, 3.8) is 0 Å². The van der Waals surface area contributed by atoms with Gasteiger partial charge in [0.05, 0.1) is 24.9 Å². The van der Waals surface area contributed by atoms with E-state index in [1.807, 2.05) is 0 Å². The predicted octanol–water partition coefficient (Wildman–Crippen LogP) is 7.78. The first-order valence-electron chi connectivity index (χ1n) is 14.5. The molecular weight excluding hydrogens is 597 g/mol. The smallest absolute Gasteiger partial charge is 0.417 e. The highest BCUT2D eigenvalue weighted by Gasteiger charge is 2.47. The molecule has 0 N–H and O–H groups in total. The van der Waals surface area contributed by atoms with Crippen molar-refractivity contribution in [2.75, 3.05) is 13.7 Å². The molecule has 0 bridgehead atoms. The van der Waals surface area contributed by atoms with Gasteiger partial charge in [0.2, 0.25) is 0 Å². The van der Waals surface area contributed by atoms with E-state index in [4.69, 9.17) is 14.2 Å². The van der Waals surface area contributed by atoms with Crippen molar-refractivity contribution >= 4 is 11.9 Å². The molecule has 0 radical (unpaired) electrons. The molecule has 0 unspecified atom stereocenters. The lowest BCUT2D eigenvalue weighted by Gasteiger charge is -2.32. The Morgan fingerprint density at radius 3 is 2.29 bits per heavy atom. The average molecular weight is 632 g/mol. The molecule has 1 atom stereocenters. The first kappa shape index (κ1) is 32.4. The number of esters is 1. The summed E-state index contributed by atoms with van der Waals surface area (Å²) < 4.78 is 92.3. The summed E-state index contributed by atoms with van der Waals surface area (Å²) in [6.07, 6.45) is -5.84. The second-order valence-corrected chi connectivity index (χ2v) is 12.3. The lowest BCUT2D eigenvalue weighted by Crippen LogP contribution is -2.31. The maximum Gasteiger partial charge on any atom is 0.417 e. The van der Waals surface area contributed by atoms with E-state index in [9.17, 15) is 14.0 Å². The molecule has 2 heterocycles. The first-order valence-corrected chi connectivity index (χ1v) is 14.5. The summed E-state index contributed by atoms with van der Waals surface area (Å²) in [6.45, 7) is 7.69. The molecule has 0 fully saturated rings. The molecule has 240 valence electrons. The zero-order valence-electron chi connectivity index (χ0n) is 25.9. The number of benzene rings is 3. The normalized spacial score (nSPS) is 15.3. The second-order valence-electron chi connectivity index (χ2n) is 12.3. The summed E-state index contributed by atoms with van der Waals surface area (Å²) in [6, 6.07) is 6.04. The number of methoxy groups -OCH3 is 1. The Morgan fingerprint density at radius 2 is 1.67 bits per heavy atom. The highest BCUT2D eigenvalue weighted by atomic mass is 19.4. The zero-order valence-corrected chi connectivity index (χ0v) is 25.9. The maximum absolute atomic E-state index is 15.6. The summed E-state index contributed by atoms with van der Waals surface area (Å²) in [4.78, 5) is 28.0. The van der Waals surface area contributed by atoms with Crippen LogP contribution in [-0.4, -0.2) is 36.1 Å². The van der Waals surface area contributed by atoms with Crippen LogP contribution < -0.4 is 4.74 Å². The number of nitrogens with zero attached hydrogens (tertiary/aromatic N) is 1. The van der Waals surface area contributed by atoms with Gasteiger partial charge in [0, 0.05) is 29.8 Å². The van der Waals surface area contributed by atoms with Crippen molar-refractivity contribution in [1.82, 2.24) is 4.90 Å². The van der Waals surface area contributed by atoms with Gasteiger partial charge >= 0.3 is 12.1 Å². The molecule has 6 nitrogen and oxygen atoms in total. The summed E-state index contributed by atoms with van der Waals surface area (Å²) in [5.41, 5.74) is -1.30. The lowest BCUT2D eigenvalue weighted by molar-refractivity contribution is -0.166. The molecule has 3 aromatic carbocycles. The van der Waals surface area contributed by atoms with Crippen molar-refractivity contribution < 1.29 is 45.8 Å². The number of fused-ring (bicyclic) bond motifs is 2. The van der Waals surface area contributed by atoms with Gasteiger partial charge in [-0.05, 0) is 105 Å². The Bertz CT molecular complexity index is 1690. The number of ether oxygens (including phenoxy) is 3. The molecule has 5 rings (SSSR count). The Kier molecular flexibility index (Phi) is 8.46. The third-order valence-electron chi connectivity index (χ3n) is 8.23. The predicted molar refractivity (Wildman–Crippen MR) is 156 cm³/mol. The average Bonchev–Trinajstić information content (AvgIpc) is 3.41. The highest BCUT2D eigenvalue weighted by molar-refractivity contribution is 5.95. The summed E-state index contributed by atoms with van der Waals surface area (Å²) in [5.74, 6) is -3.07. The van der Waals surface area contributed by atoms with E-state index < -0.39 is 59.1 Å². The second kappa shape index (κ2) is 11.7. The van der Waals surface area contributed by atoms with Gasteiger partial charge in [0.25, 0.3) is 5.91 Å². The Labute approximate surface area is 258 Å². The Balaban J connectivity index is 1.85. The van der Waals surface area contributed by atoms with Crippen LogP contribution in [0.2, 0.25) is 0 Å². The van der Waals surface area contributed by atoms with E-state index in [2.05, 4.69) is 0 Å². The van der Waals surface area contributed by atoms with Crippen molar-refractivity contribution in [3.8, 4) is 16.9 Å². The van der Waals surface area contributed by atoms with E-state index in [-0.39, 0.29) is 40.1 Å². The molecule has 0 saturated carbocycles. The first-order chi connectivity index (χ1) is 21.0. The Morgan fingerprint density at radius 1 is 0.978 bits per heavy atom. The van der Waals surface area contributed by atoms with Gasteiger partial charge in [-0.15, -0.1) is 0 Å². The fraction of sp³-hybridized carbons (Fsp3) is 0.412. The molecular formula is C34H34F5NO5. The van der Waals surface area contributed by atoms with Crippen LogP contribution in [0.5, 0.6) is 5.75 Å². The van der Waals surface area contributed by atoms with Gasteiger partial charge in [-0.25, -0.2) is 13.6 Å². The minimum Gasteiger partial charge on any atom is -0.490 e. The third kappa shape index (κ3) is 6.02. The monoisotopic (exact) mass is 631 g/mol. The van der Waals surface area contributed by atoms with E-state index >= 15 is 17.6 Å². The van der Waals surface area contributed by atoms with Crippen LogP contribution in [0.25, 0.3) is 11.1 Å². The highest BCUT2D eigenvalue weighted by Crippen LogP contribution is 2.51. The number of amides is 1. The van der Waals surface area contributed by atoms with E-state index in [0.717, 1.165) is 25.3 Å². The maximum atomic E-state index is 15.6. The number of hydrogen-bond donors (Lipinski definition) is 0. The van der Waals surface area contributed by atoms with E-state index in [1.165, 1.54) is 17.0 Å². The van der Waals surface area contributed by atoms with Gasteiger partial charge in [0.15, 0.2) is 17.7 Å². The third-order valence-corrected chi connectivity index (χ3v) is 8.23. The van der Waals surface area contributed by atoms with Gasteiger partial charge in [-0.1, -0.05) is 6.07 Å². The van der Waals surface area contributed by atoms with Crippen molar-refractivity contribution in [3.05, 3.63) is 86.5 Å². The van der Waals surface area contributed by atoms with Crippen LogP contribution in [0.1, 0.15) is 82.6 Å². The van der Waals surface area contributed by atoms with Gasteiger partial charge in [-0.3, -0.25) is 4.79 Å². The molecule has 3 aromatic rings. The molecule has 45 heavy (non-hydrogen) atoms. The molecule has 0 aliphatic carbocycles. The largest absolute Gasteiger partial charge is 0.490 e. The summed E-state index contributed by atoms with van der Waals surface area (Å²) >= 11 is 0. The minimum absolute atomic E-state index is 0.0226. The lowest BCUT2D eigenvalue weighted by atomic mass is 9.80. The number of rotatable bonds is 5. The SMILES string of the molecule is COC(=O)[C@@H](OC(C)(C)C)c1c(-c2cc(F)c3c(c2C)CCCO3)c(C)c2c(c1C(F)(F)F)CN(C(=O)c1cccc(F)c1)C2. The van der Waals surface area contributed by atoms with Crippen molar-refractivity contribution in [2.24, 2.45) is 0 Å². The number of alkyl halides is 3. The van der Waals surface area contributed by atoms with Crippen LogP contribution in [0.3, 0.4) is 0 Å². The molecule has 2 aliphatic rings. The van der Waals surface area contributed by atoms with Crippen molar-refractivity contribution in [1.29, 1.82) is 0 Å². The molecule has 2 aliphatic heterocycles. The van der Waals surface area contributed by atoms with Gasteiger partial charge in [0.1, 0.15) is 5.82 Å². The zero-order chi connectivity index (χ0) is 33.0. The molecule has 0 spiro atoms. The van der Waals surface area contributed by atoms with E-state index in [0.29, 0.717) is 36.1 Å². The van der Waals surface area contributed by atoms with Crippen LogP contribution in [0.15, 0.2) is 30.3 Å². The Hall–Kier alpha value is -3.99. The fourth-order valence-electron chi connectivity index (χ4n) is 6.33. The fourth-order valence-corrected chi connectivity index (χ4v) is 6.33. The number of hydrogen-bond acceptors (Lipinski definition) is 5. The topological polar surface area (TPSA) is 65.1 Å². The van der Waals surface area contributed by atoms with Gasteiger partial charge < -0.3 is 19.1 Å². The summed E-state index contributed by atoms with van der Waals surface area (Å²) in [5, 5.41) is 0. The van der Waals surface area contributed by atoms with Gasteiger partial charge in [-0.2, -0.15) is 13.2 Å². The summed E-state index contributed by atoms with van der Waals surface area (Å²) in [7, 11) is 1.05. The van der Waals surface area contributed by atoms with Crippen molar-refractivity contribution in [2.45, 2.75) is 78.4 Å². The molecule has 11 heteroatoms. The molecule has 0 aromatic heterocycles. The molecule has 0 saturated heterocycles. The quantitative estimate of drug-likeness (QED) is 0.213. The van der Waals surface area contributed by atoms with Crippen LogP contribution >= 0.6 is 0 Å². The molecule has 1 amide bonds. The van der Waals surface area contributed by atoms with E-state index in [1.54, 1.807) is 34.6 Å². The van der Waals surface area contributed by atoms with Crippen LogP contribution in [0, 0.1) is 25.5 Å². The van der Waals surface area contributed by atoms with Crippen LogP contribution in [-0.2, 0) is 40.0 Å². The number of halogens is 5. The number of carbonyl (C=O) groups excluding carboxylic acids is 2. The number of carbonyl (C=O) groups is 2. The minimum atomic E-state index is -5.03.